The summed E-state index contributed by atoms with van der Waals surface area (Å²) in [6.45, 7) is 11.7. The SMILES string of the molecule is CCCN(CCC)CCN1C(=O)[C@@H]2[C@H](C(=O)Nc3ccc(OC)cc3)[C@@H]3C=C[C@@]2(O3)[C@@H]1C(=O)N[C@@H]1CCC[C@@H](C)[C@H]1C. The zero-order valence-electron chi connectivity index (χ0n) is 25.8. The molecule has 230 valence electrons. The fraction of sp³-hybridized carbons (Fsp3) is 0.667. The Kier molecular flexibility index (Phi) is 9.28. The molecule has 1 saturated carbocycles. The normalized spacial score (nSPS) is 33.2. The van der Waals surface area contributed by atoms with Gasteiger partial charge in [0, 0.05) is 24.8 Å². The number of nitrogens with one attached hydrogen (secondary N) is 2. The Morgan fingerprint density at radius 2 is 1.79 bits per heavy atom. The van der Waals surface area contributed by atoms with Crippen molar-refractivity contribution in [2.24, 2.45) is 23.7 Å². The van der Waals surface area contributed by atoms with Crippen LogP contribution in [0.2, 0.25) is 0 Å². The molecule has 4 aliphatic rings. The van der Waals surface area contributed by atoms with Crippen molar-refractivity contribution < 1.29 is 23.9 Å². The summed E-state index contributed by atoms with van der Waals surface area (Å²) in [5.41, 5.74) is -0.536. The van der Waals surface area contributed by atoms with E-state index in [1.54, 1.807) is 36.3 Å². The minimum atomic E-state index is -1.16. The Labute approximate surface area is 250 Å². The highest BCUT2D eigenvalue weighted by molar-refractivity contribution is 6.02. The molecule has 1 aliphatic carbocycles. The predicted molar refractivity (Wildman–Crippen MR) is 162 cm³/mol. The third kappa shape index (κ3) is 5.57. The van der Waals surface area contributed by atoms with Crippen molar-refractivity contribution >= 4 is 23.4 Å². The zero-order valence-corrected chi connectivity index (χ0v) is 25.8. The van der Waals surface area contributed by atoms with E-state index in [0.29, 0.717) is 36.4 Å². The van der Waals surface area contributed by atoms with Gasteiger partial charge in [-0.05, 0) is 68.5 Å². The summed E-state index contributed by atoms with van der Waals surface area (Å²) in [6.07, 6.45) is 8.42. The number of fused-ring (bicyclic) bond motifs is 1. The van der Waals surface area contributed by atoms with Crippen molar-refractivity contribution in [3.8, 4) is 5.75 Å². The second-order valence-electron chi connectivity index (χ2n) is 12.7. The van der Waals surface area contributed by atoms with Crippen LogP contribution in [0.1, 0.15) is 59.8 Å². The second-order valence-corrected chi connectivity index (χ2v) is 12.7. The first-order valence-corrected chi connectivity index (χ1v) is 15.9. The largest absolute Gasteiger partial charge is 0.497 e. The smallest absolute Gasteiger partial charge is 0.246 e. The molecule has 3 aliphatic heterocycles. The number of benzene rings is 1. The van der Waals surface area contributed by atoms with Crippen LogP contribution in [0.5, 0.6) is 5.75 Å². The number of carbonyl (C=O) groups is 3. The summed E-state index contributed by atoms with van der Waals surface area (Å²) < 4.78 is 11.8. The molecule has 2 N–H and O–H groups in total. The van der Waals surface area contributed by atoms with Gasteiger partial charge in [-0.3, -0.25) is 14.4 Å². The molecular formula is C33H48N4O5. The number of carbonyl (C=O) groups excluding carboxylic acids is 3. The van der Waals surface area contributed by atoms with Crippen LogP contribution in [0.3, 0.4) is 0 Å². The van der Waals surface area contributed by atoms with Crippen LogP contribution < -0.4 is 15.4 Å². The zero-order chi connectivity index (χ0) is 30.0. The average molecular weight is 581 g/mol. The van der Waals surface area contributed by atoms with Gasteiger partial charge in [0.2, 0.25) is 17.7 Å². The fourth-order valence-electron chi connectivity index (χ4n) is 7.67. The van der Waals surface area contributed by atoms with Crippen LogP contribution in [0, 0.1) is 23.7 Å². The Hall–Kier alpha value is -2.91. The van der Waals surface area contributed by atoms with E-state index in [1.807, 2.05) is 12.2 Å². The van der Waals surface area contributed by atoms with Gasteiger partial charge in [0.25, 0.3) is 0 Å². The van der Waals surface area contributed by atoms with Gasteiger partial charge in [0.05, 0.1) is 25.0 Å². The molecule has 0 unspecified atom stereocenters. The third-order valence-corrected chi connectivity index (χ3v) is 10.1. The van der Waals surface area contributed by atoms with Gasteiger partial charge in [-0.25, -0.2) is 0 Å². The van der Waals surface area contributed by atoms with E-state index >= 15 is 0 Å². The lowest BCUT2D eigenvalue weighted by atomic mass is 9.73. The first-order chi connectivity index (χ1) is 20.2. The van der Waals surface area contributed by atoms with E-state index in [4.69, 9.17) is 9.47 Å². The van der Waals surface area contributed by atoms with Crippen LogP contribution in [0.25, 0.3) is 0 Å². The summed E-state index contributed by atoms with van der Waals surface area (Å²) in [7, 11) is 1.59. The topological polar surface area (TPSA) is 100 Å². The molecule has 1 spiro atoms. The molecule has 42 heavy (non-hydrogen) atoms. The van der Waals surface area contributed by atoms with E-state index in [2.05, 4.69) is 43.2 Å². The summed E-state index contributed by atoms with van der Waals surface area (Å²) in [5, 5.41) is 6.32. The maximum atomic E-state index is 14.3. The standard InChI is InChI=1S/C33H48N4O5/c1-6-17-36(18-7-2)19-20-37-29(31(39)35-25-10-8-9-21(3)22(25)4)33-16-15-26(42-33)27(28(33)32(37)40)30(38)34-23-11-13-24(41-5)14-12-23/h11-16,21-22,25-29H,6-10,17-20H2,1-5H3,(H,34,38)(H,35,39)/t21-,22-,25-,26+,27-,28+,29+,33+/m1/s1. The van der Waals surface area contributed by atoms with Gasteiger partial charge in [-0.2, -0.15) is 0 Å². The van der Waals surface area contributed by atoms with Crippen LogP contribution in [0.4, 0.5) is 5.69 Å². The molecular weight excluding hydrogens is 532 g/mol. The van der Waals surface area contributed by atoms with Crippen molar-refractivity contribution in [3.63, 3.8) is 0 Å². The second kappa shape index (κ2) is 12.8. The molecule has 3 fully saturated rings. The molecule has 3 heterocycles. The molecule has 0 radical (unpaired) electrons. The molecule has 5 rings (SSSR count). The quantitative estimate of drug-likeness (QED) is 0.365. The van der Waals surface area contributed by atoms with Crippen LogP contribution in [-0.4, -0.2) is 84.6 Å². The number of hydrogen-bond donors (Lipinski definition) is 2. The Bertz CT molecular complexity index is 1170. The summed E-state index contributed by atoms with van der Waals surface area (Å²) in [6, 6.07) is 6.35. The Balaban J connectivity index is 1.42. The fourth-order valence-corrected chi connectivity index (χ4v) is 7.67. The highest BCUT2D eigenvalue weighted by atomic mass is 16.5. The van der Waals surface area contributed by atoms with E-state index < -0.39 is 29.6 Å². The molecule has 2 bridgehead atoms. The molecule has 0 aromatic heterocycles. The third-order valence-electron chi connectivity index (χ3n) is 10.1. The van der Waals surface area contributed by atoms with Gasteiger partial charge in [-0.15, -0.1) is 0 Å². The van der Waals surface area contributed by atoms with Crippen molar-refractivity contribution in [1.82, 2.24) is 15.1 Å². The molecule has 8 atom stereocenters. The lowest BCUT2D eigenvalue weighted by molar-refractivity contribution is -0.141. The first-order valence-electron chi connectivity index (χ1n) is 15.9. The van der Waals surface area contributed by atoms with Crippen LogP contribution in [0.15, 0.2) is 36.4 Å². The molecule has 2 saturated heterocycles. The molecule has 1 aromatic rings. The monoisotopic (exact) mass is 580 g/mol. The van der Waals surface area contributed by atoms with E-state index in [-0.39, 0.29) is 23.8 Å². The summed E-state index contributed by atoms with van der Waals surface area (Å²) in [5.74, 6) is -0.524. The van der Waals surface area contributed by atoms with Gasteiger partial charge in [0.15, 0.2) is 0 Å². The van der Waals surface area contributed by atoms with E-state index in [1.165, 1.54) is 0 Å². The summed E-state index contributed by atoms with van der Waals surface area (Å²) in [4.78, 5) is 46.3. The van der Waals surface area contributed by atoms with Crippen molar-refractivity contribution in [1.29, 1.82) is 0 Å². The highest BCUT2D eigenvalue weighted by Crippen LogP contribution is 2.55. The molecule has 3 amide bonds. The lowest BCUT2D eigenvalue weighted by Gasteiger charge is -2.38. The van der Waals surface area contributed by atoms with E-state index in [0.717, 1.165) is 45.2 Å². The van der Waals surface area contributed by atoms with Gasteiger partial charge in [0.1, 0.15) is 17.4 Å². The lowest BCUT2D eigenvalue weighted by Crippen LogP contribution is -2.58. The van der Waals surface area contributed by atoms with Gasteiger partial charge in [-0.1, -0.05) is 52.7 Å². The number of nitrogens with zero attached hydrogens (tertiary/aromatic N) is 2. The summed E-state index contributed by atoms with van der Waals surface area (Å²) >= 11 is 0. The van der Waals surface area contributed by atoms with Gasteiger partial charge >= 0.3 is 0 Å². The number of anilines is 1. The predicted octanol–water partition coefficient (Wildman–Crippen LogP) is 3.85. The highest BCUT2D eigenvalue weighted by Gasteiger charge is 2.72. The minimum Gasteiger partial charge on any atom is -0.497 e. The molecule has 1 aromatic carbocycles. The molecule has 9 nitrogen and oxygen atoms in total. The number of ether oxygens (including phenoxy) is 2. The van der Waals surface area contributed by atoms with Crippen LogP contribution in [-0.2, 0) is 19.1 Å². The average Bonchev–Trinajstić information content (AvgIpc) is 3.62. The number of likely N-dealkylation sites (tertiary alicyclic amines) is 1. The van der Waals surface area contributed by atoms with Crippen LogP contribution >= 0.6 is 0 Å². The minimum absolute atomic E-state index is 0.0575. The van der Waals surface area contributed by atoms with E-state index in [9.17, 15) is 14.4 Å². The Morgan fingerprint density at radius 1 is 1.07 bits per heavy atom. The van der Waals surface area contributed by atoms with Crippen molar-refractivity contribution in [3.05, 3.63) is 36.4 Å². The van der Waals surface area contributed by atoms with Crippen molar-refractivity contribution in [2.45, 2.75) is 83.6 Å². The number of amides is 3. The Morgan fingerprint density at radius 3 is 2.45 bits per heavy atom. The van der Waals surface area contributed by atoms with Gasteiger partial charge < -0.3 is 29.9 Å². The number of rotatable bonds is 12. The van der Waals surface area contributed by atoms with Crippen molar-refractivity contribution in [2.75, 3.05) is 38.6 Å². The number of methoxy groups -OCH3 is 1. The maximum absolute atomic E-state index is 14.3. The maximum Gasteiger partial charge on any atom is 0.246 e. The molecule has 9 heteroatoms. The first kappa shape index (κ1) is 30.5. The number of hydrogen-bond acceptors (Lipinski definition) is 6.